The second-order valence-electron chi connectivity index (χ2n) is 9.72. The van der Waals surface area contributed by atoms with E-state index in [2.05, 4.69) is 4.98 Å². The molecular weight excluding hydrogens is 527 g/mol. The largest absolute Gasteiger partial charge is 0.493 e. The molecule has 10 heteroatoms. The number of hydrogen-bond donors (Lipinski definition) is 1. The second-order valence-corrected chi connectivity index (χ2v) is 9.72. The molecule has 1 unspecified atom stereocenters. The molecule has 0 spiro atoms. The lowest BCUT2D eigenvalue weighted by Crippen LogP contribution is -2.26. The number of nitrogens with two attached hydrogens (primary N) is 1. The van der Waals surface area contributed by atoms with Crippen LogP contribution in [0.2, 0.25) is 0 Å². The van der Waals surface area contributed by atoms with Gasteiger partial charge in [-0.3, -0.25) is 19.3 Å². The third-order valence-electron chi connectivity index (χ3n) is 7.41. The number of ether oxygens (including phenoxy) is 3. The predicted molar refractivity (Wildman–Crippen MR) is 151 cm³/mol. The molecule has 2 aromatic heterocycles. The molecule has 5 aromatic rings. The fourth-order valence-corrected chi connectivity index (χ4v) is 5.57. The summed E-state index contributed by atoms with van der Waals surface area (Å²) < 4.78 is 35.6. The zero-order valence-electron chi connectivity index (χ0n) is 22.5. The number of benzene rings is 3. The van der Waals surface area contributed by atoms with Gasteiger partial charge in [-0.15, -0.1) is 0 Å². The summed E-state index contributed by atoms with van der Waals surface area (Å²) in [7, 11) is 3.07. The minimum absolute atomic E-state index is 0.0150. The Bertz CT molecular complexity index is 1850. The van der Waals surface area contributed by atoms with Gasteiger partial charge in [0.1, 0.15) is 11.3 Å². The van der Waals surface area contributed by atoms with E-state index in [1.54, 1.807) is 53.3 Å². The van der Waals surface area contributed by atoms with Crippen molar-refractivity contribution in [2.24, 2.45) is 5.73 Å². The highest BCUT2D eigenvalue weighted by atomic mass is 19.1. The first kappa shape index (κ1) is 26.1. The molecule has 1 amide bonds. The van der Waals surface area contributed by atoms with Crippen molar-refractivity contribution in [3.05, 3.63) is 106 Å². The van der Waals surface area contributed by atoms with Gasteiger partial charge in [0, 0.05) is 30.1 Å². The van der Waals surface area contributed by atoms with Crippen LogP contribution < -0.4 is 25.5 Å². The van der Waals surface area contributed by atoms with Gasteiger partial charge in [0.05, 0.1) is 31.1 Å². The number of amides is 1. The zero-order valence-corrected chi connectivity index (χ0v) is 22.5. The highest BCUT2D eigenvalue weighted by molar-refractivity contribution is 5.94. The van der Waals surface area contributed by atoms with E-state index in [-0.39, 0.29) is 11.3 Å². The molecule has 0 saturated carbocycles. The lowest BCUT2D eigenvalue weighted by Gasteiger charge is -2.27. The van der Waals surface area contributed by atoms with Crippen molar-refractivity contribution in [1.82, 2.24) is 14.3 Å². The van der Waals surface area contributed by atoms with Crippen LogP contribution in [-0.2, 0) is 6.54 Å². The maximum atomic E-state index is 15.6. The zero-order chi connectivity index (χ0) is 28.7. The van der Waals surface area contributed by atoms with E-state index in [0.717, 1.165) is 6.42 Å². The lowest BCUT2D eigenvalue weighted by molar-refractivity contribution is 0.0997. The highest BCUT2D eigenvalue weighted by Gasteiger charge is 2.33. The summed E-state index contributed by atoms with van der Waals surface area (Å²) in [5.41, 5.74) is 7.48. The monoisotopic (exact) mass is 554 g/mol. The molecule has 0 radical (unpaired) electrons. The number of pyridine rings is 1. The van der Waals surface area contributed by atoms with E-state index in [1.807, 2.05) is 18.2 Å². The van der Waals surface area contributed by atoms with Crippen molar-refractivity contribution in [2.75, 3.05) is 14.2 Å². The van der Waals surface area contributed by atoms with Gasteiger partial charge in [-0.2, -0.15) is 0 Å². The number of halogens is 1. The van der Waals surface area contributed by atoms with Gasteiger partial charge in [-0.1, -0.05) is 24.3 Å². The number of aromatic nitrogens is 3. The number of para-hydroxylation sites is 1. The molecule has 0 fully saturated rings. The molecule has 1 atom stereocenters. The summed E-state index contributed by atoms with van der Waals surface area (Å²) >= 11 is 0. The fraction of sp³-hybridized carbons (Fsp3) is 0.194. The molecular formula is C31H27FN4O5. The standard InChI is InChI=1S/C31H27FN4O5/c1-39-26-16-21-23(17-27(26)40-2)34-13-12-24(21)41-25-11-10-18(15-22(25)32)20-9-6-14-35-29(20)28(30(33)37)31(38)36(35)19-7-4-3-5-8-19/h3-5,7-8,10-13,15-17,20H,6,9,14H2,1-2H3,(H2,33,37). The summed E-state index contributed by atoms with van der Waals surface area (Å²) in [6.07, 6.45) is 2.92. The van der Waals surface area contributed by atoms with Crippen LogP contribution in [0.3, 0.4) is 0 Å². The average Bonchev–Trinajstić information content (AvgIpc) is 3.30. The van der Waals surface area contributed by atoms with E-state index in [4.69, 9.17) is 19.9 Å². The number of carbonyl (C=O) groups is 1. The van der Waals surface area contributed by atoms with Crippen LogP contribution in [0.5, 0.6) is 23.0 Å². The van der Waals surface area contributed by atoms with E-state index >= 15 is 4.39 Å². The molecule has 2 N–H and O–H groups in total. The van der Waals surface area contributed by atoms with Crippen LogP contribution in [0, 0.1) is 5.82 Å². The minimum Gasteiger partial charge on any atom is -0.493 e. The smallest absolute Gasteiger partial charge is 0.284 e. The van der Waals surface area contributed by atoms with Gasteiger partial charge in [0.25, 0.3) is 11.5 Å². The molecule has 208 valence electrons. The Kier molecular flexibility index (Phi) is 6.66. The van der Waals surface area contributed by atoms with Crippen LogP contribution >= 0.6 is 0 Å². The predicted octanol–water partition coefficient (Wildman–Crippen LogP) is 5.16. The molecule has 3 heterocycles. The molecule has 1 aliphatic rings. The van der Waals surface area contributed by atoms with Gasteiger partial charge in [0.15, 0.2) is 23.1 Å². The number of carbonyl (C=O) groups excluding carboxylic acids is 1. The van der Waals surface area contributed by atoms with Crippen molar-refractivity contribution >= 4 is 16.8 Å². The first-order valence-electron chi connectivity index (χ1n) is 13.1. The molecule has 6 rings (SSSR count). The Labute approximate surface area is 234 Å². The van der Waals surface area contributed by atoms with Crippen LogP contribution in [0.4, 0.5) is 4.39 Å². The summed E-state index contributed by atoms with van der Waals surface area (Å²) in [5.74, 6) is -0.391. The Morgan fingerprint density at radius 3 is 2.44 bits per heavy atom. The lowest BCUT2D eigenvalue weighted by atomic mass is 9.86. The maximum Gasteiger partial charge on any atom is 0.284 e. The van der Waals surface area contributed by atoms with Gasteiger partial charge < -0.3 is 19.9 Å². The maximum absolute atomic E-state index is 15.6. The normalized spacial score (nSPS) is 14.5. The number of fused-ring (bicyclic) bond motifs is 2. The Balaban J connectivity index is 1.39. The van der Waals surface area contributed by atoms with E-state index < -0.39 is 23.2 Å². The van der Waals surface area contributed by atoms with Gasteiger partial charge in [-0.25, -0.2) is 9.07 Å². The molecule has 9 nitrogen and oxygen atoms in total. The topological polar surface area (TPSA) is 111 Å². The number of methoxy groups -OCH3 is 2. The van der Waals surface area contributed by atoms with Crippen LogP contribution in [-0.4, -0.2) is 34.5 Å². The molecule has 0 bridgehead atoms. The summed E-state index contributed by atoms with van der Waals surface area (Å²) in [5, 5.41) is 0.623. The quantitative estimate of drug-likeness (QED) is 0.298. The van der Waals surface area contributed by atoms with Crippen molar-refractivity contribution < 1.29 is 23.4 Å². The van der Waals surface area contributed by atoms with Crippen molar-refractivity contribution in [3.63, 3.8) is 0 Å². The van der Waals surface area contributed by atoms with Crippen molar-refractivity contribution in [3.8, 4) is 28.7 Å². The second kappa shape index (κ2) is 10.5. The van der Waals surface area contributed by atoms with Crippen molar-refractivity contribution in [2.45, 2.75) is 25.3 Å². The number of primary amides is 1. The fourth-order valence-electron chi connectivity index (χ4n) is 5.57. The Hall–Kier alpha value is -5.12. The van der Waals surface area contributed by atoms with Crippen LogP contribution in [0.1, 0.15) is 40.4 Å². The number of rotatable bonds is 7. The molecule has 0 aliphatic carbocycles. The highest BCUT2D eigenvalue weighted by Crippen LogP contribution is 2.40. The minimum atomic E-state index is -0.808. The molecule has 41 heavy (non-hydrogen) atoms. The van der Waals surface area contributed by atoms with Gasteiger partial charge >= 0.3 is 0 Å². The first-order chi connectivity index (χ1) is 19.9. The van der Waals surface area contributed by atoms with E-state index in [1.165, 1.54) is 25.0 Å². The van der Waals surface area contributed by atoms with E-state index in [9.17, 15) is 9.59 Å². The average molecular weight is 555 g/mol. The van der Waals surface area contributed by atoms with E-state index in [0.29, 0.717) is 58.1 Å². The molecule has 1 aliphatic heterocycles. The third kappa shape index (κ3) is 4.47. The SMILES string of the molecule is COc1cc2nccc(Oc3ccc(C4CCCn5c4c(C(N)=O)c(=O)n5-c4ccccc4)cc3F)c2cc1OC. The van der Waals surface area contributed by atoms with Crippen LogP contribution in [0.25, 0.3) is 16.6 Å². The number of hydrogen-bond acceptors (Lipinski definition) is 6. The van der Waals surface area contributed by atoms with Gasteiger partial charge in [0.2, 0.25) is 0 Å². The van der Waals surface area contributed by atoms with Crippen LogP contribution in [0.15, 0.2) is 77.7 Å². The molecule has 0 saturated heterocycles. The first-order valence-corrected chi connectivity index (χ1v) is 13.1. The van der Waals surface area contributed by atoms with Gasteiger partial charge in [-0.05, 0) is 54.8 Å². The Morgan fingerprint density at radius 1 is 0.976 bits per heavy atom. The molecule has 3 aromatic carbocycles. The number of nitrogens with zero attached hydrogens (tertiary/aromatic N) is 3. The summed E-state index contributed by atoms with van der Waals surface area (Å²) in [6.45, 7) is 0.524. The Morgan fingerprint density at radius 2 is 1.73 bits per heavy atom. The summed E-state index contributed by atoms with van der Waals surface area (Å²) in [4.78, 5) is 30.3. The summed E-state index contributed by atoms with van der Waals surface area (Å²) in [6, 6.07) is 18.9. The third-order valence-corrected chi connectivity index (χ3v) is 7.41. The van der Waals surface area contributed by atoms with Crippen molar-refractivity contribution in [1.29, 1.82) is 0 Å².